The highest BCUT2D eigenvalue weighted by molar-refractivity contribution is 5.90. The van der Waals surface area contributed by atoms with E-state index in [1.54, 1.807) is 7.11 Å². The van der Waals surface area contributed by atoms with Gasteiger partial charge in [-0.2, -0.15) is 0 Å². The van der Waals surface area contributed by atoms with E-state index in [1.807, 2.05) is 13.0 Å². The lowest BCUT2D eigenvalue weighted by molar-refractivity contribution is -0.139. The molecule has 0 saturated carbocycles. The van der Waals surface area contributed by atoms with E-state index in [4.69, 9.17) is 23.7 Å². The molecular formula is C35H62O9. The van der Waals surface area contributed by atoms with E-state index in [-0.39, 0.29) is 36.5 Å². The van der Waals surface area contributed by atoms with Gasteiger partial charge in [-0.05, 0) is 64.4 Å². The molecule has 3 N–H and O–H groups in total. The third-order valence-corrected chi connectivity index (χ3v) is 9.42. The Hall–Kier alpha value is -1.07. The van der Waals surface area contributed by atoms with Crippen molar-refractivity contribution in [1.82, 2.24) is 0 Å². The average Bonchev–Trinajstić information content (AvgIpc) is 3.75. The summed E-state index contributed by atoms with van der Waals surface area (Å²) >= 11 is 0. The highest BCUT2D eigenvalue weighted by atomic mass is 16.7. The molecule has 9 heteroatoms. The van der Waals surface area contributed by atoms with Crippen LogP contribution in [0.5, 0.6) is 0 Å². The number of hydrogen-bond donors (Lipinski definition) is 3. The lowest BCUT2D eigenvalue weighted by atomic mass is 10.00. The molecule has 0 radical (unpaired) electrons. The van der Waals surface area contributed by atoms with Crippen LogP contribution in [-0.2, 0) is 28.5 Å². The SMILES string of the molecule is COCOCCCCCC[C@@H](O)[C@H]1CC[C@H]([C@H]2CC[C@H]([C@H](O)CCCCCCCCCC[C@@H](O)CC3=C[C@H](C)OC3=O)O2)O1. The number of aliphatic hydroxyl groups excluding tert-OH is 3. The van der Waals surface area contributed by atoms with E-state index >= 15 is 0 Å². The summed E-state index contributed by atoms with van der Waals surface area (Å²) in [6.07, 6.45) is 19.6. The topological polar surface area (TPSA) is 124 Å². The number of ether oxygens (including phenoxy) is 5. The third kappa shape index (κ3) is 14.1. The van der Waals surface area contributed by atoms with Gasteiger partial charge in [0.1, 0.15) is 12.9 Å². The number of cyclic esters (lactones) is 1. The van der Waals surface area contributed by atoms with Crippen molar-refractivity contribution in [2.45, 2.75) is 184 Å². The Morgan fingerprint density at radius 3 is 1.75 bits per heavy atom. The van der Waals surface area contributed by atoms with Crippen molar-refractivity contribution in [2.24, 2.45) is 0 Å². The first-order valence-electron chi connectivity index (χ1n) is 17.7. The second-order valence-corrected chi connectivity index (χ2v) is 13.3. The number of esters is 1. The minimum absolute atomic E-state index is 0.0278. The number of carbonyl (C=O) groups excluding carboxylic acids is 1. The van der Waals surface area contributed by atoms with Crippen molar-refractivity contribution in [2.75, 3.05) is 20.5 Å². The fourth-order valence-electron chi connectivity index (χ4n) is 6.85. The van der Waals surface area contributed by atoms with E-state index in [1.165, 1.54) is 25.7 Å². The molecule has 0 aromatic carbocycles. The van der Waals surface area contributed by atoms with Gasteiger partial charge in [-0.1, -0.05) is 70.6 Å². The summed E-state index contributed by atoms with van der Waals surface area (Å²) in [5, 5.41) is 31.6. The van der Waals surface area contributed by atoms with Crippen molar-refractivity contribution in [3.63, 3.8) is 0 Å². The van der Waals surface area contributed by atoms with Crippen LogP contribution in [0.25, 0.3) is 0 Å². The Morgan fingerprint density at radius 2 is 1.25 bits per heavy atom. The van der Waals surface area contributed by atoms with Gasteiger partial charge in [-0.15, -0.1) is 0 Å². The predicted octanol–water partition coefficient (Wildman–Crippen LogP) is 5.90. The largest absolute Gasteiger partial charge is 0.455 e. The predicted molar refractivity (Wildman–Crippen MR) is 169 cm³/mol. The molecule has 0 aliphatic carbocycles. The minimum atomic E-state index is -0.469. The Bertz CT molecular complexity index is 805. The molecule has 0 spiro atoms. The van der Waals surface area contributed by atoms with Crippen LogP contribution in [-0.4, -0.2) is 90.6 Å². The van der Waals surface area contributed by atoms with Gasteiger partial charge in [0.2, 0.25) is 0 Å². The summed E-state index contributed by atoms with van der Waals surface area (Å²) in [5.41, 5.74) is 0.612. The molecule has 0 unspecified atom stereocenters. The first kappa shape index (κ1) is 37.4. The average molecular weight is 627 g/mol. The molecule has 2 saturated heterocycles. The molecule has 2 fully saturated rings. The number of unbranched alkanes of at least 4 members (excludes halogenated alkanes) is 10. The number of aliphatic hydroxyl groups is 3. The zero-order valence-electron chi connectivity index (χ0n) is 27.5. The standard InChI is InChI=1S/C35H62O9/c1-26-23-27(35(39)42-26)24-28(36)15-11-7-5-3-4-6-8-12-16-29(37)31-18-20-33(43-31)34-21-19-32(44-34)30(38)17-13-9-10-14-22-41-25-40-2/h23,26,28-34,36-38H,3-22,24-25H2,1-2H3/t26-,28+,29+,30+,31+,32+,33+,34+/m0/s1. The van der Waals surface area contributed by atoms with E-state index in [0.29, 0.717) is 18.8 Å². The second kappa shape index (κ2) is 21.7. The zero-order chi connectivity index (χ0) is 31.6. The number of methoxy groups -OCH3 is 1. The quantitative estimate of drug-likeness (QED) is 0.0646. The minimum Gasteiger partial charge on any atom is -0.455 e. The Kier molecular flexibility index (Phi) is 18.4. The summed E-state index contributed by atoms with van der Waals surface area (Å²) in [6, 6.07) is 0. The first-order chi connectivity index (χ1) is 21.4. The molecule has 9 nitrogen and oxygen atoms in total. The van der Waals surface area contributed by atoms with Crippen molar-refractivity contribution in [1.29, 1.82) is 0 Å². The van der Waals surface area contributed by atoms with Crippen molar-refractivity contribution < 1.29 is 43.8 Å². The van der Waals surface area contributed by atoms with E-state index < -0.39 is 18.3 Å². The van der Waals surface area contributed by atoms with Crippen LogP contribution >= 0.6 is 0 Å². The summed E-state index contributed by atoms with van der Waals surface area (Å²) in [7, 11) is 1.63. The third-order valence-electron chi connectivity index (χ3n) is 9.42. The Balaban J connectivity index is 1.13. The number of hydrogen-bond acceptors (Lipinski definition) is 9. The van der Waals surface area contributed by atoms with E-state index in [0.717, 1.165) is 103 Å². The summed E-state index contributed by atoms with van der Waals surface area (Å²) < 4.78 is 27.8. The fraction of sp³-hybridized carbons (Fsp3) is 0.914. The van der Waals surface area contributed by atoms with Crippen LogP contribution < -0.4 is 0 Å². The van der Waals surface area contributed by atoms with Gasteiger partial charge in [0.05, 0.1) is 42.7 Å². The van der Waals surface area contributed by atoms with Crippen molar-refractivity contribution in [3.05, 3.63) is 11.6 Å². The highest BCUT2D eigenvalue weighted by Gasteiger charge is 2.40. The van der Waals surface area contributed by atoms with Gasteiger partial charge in [-0.25, -0.2) is 4.79 Å². The van der Waals surface area contributed by atoms with Gasteiger partial charge < -0.3 is 39.0 Å². The van der Waals surface area contributed by atoms with Gasteiger partial charge in [0, 0.05) is 25.7 Å². The molecule has 3 aliphatic rings. The van der Waals surface area contributed by atoms with E-state index in [2.05, 4.69) is 0 Å². The maximum atomic E-state index is 11.7. The maximum Gasteiger partial charge on any atom is 0.334 e. The molecule has 0 aromatic rings. The van der Waals surface area contributed by atoms with Gasteiger partial charge in [0.25, 0.3) is 0 Å². The first-order valence-corrected chi connectivity index (χ1v) is 17.7. The number of carbonyl (C=O) groups is 1. The monoisotopic (exact) mass is 626 g/mol. The highest BCUT2D eigenvalue weighted by Crippen LogP contribution is 2.34. The van der Waals surface area contributed by atoms with Crippen LogP contribution in [0, 0.1) is 0 Å². The molecule has 0 aromatic heterocycles. The fourth-order valence-corrected chi connectivity index (χ4v) is 6.85. The van der Waals surface area contributed by atoms with Gasteiger partial charge in [-0.3, -0.25) is 0 Å². The second-order valence-electron chi connectivity index (χ2n) is 13.3. The van der Waals surface area contributed by atoms with Gasteiger partial charge in [0.15, 0.2) is 0 Å². The molecule has 256 valence electrons. The molecule has 0 amide bonds. The molecule has 3 rings (SSSR count). The summed E-state index contributed by atoms with van der Waals surface area (Å²) in [4.78, 5) is 11.7. The van der Waals surface area contributed by atoms with E-state index in [9.17, 15) is 20.1 Å². The van der Waals surface area contributed by atoms with Gasteiger partial charge >= 0.3 is 5.97 Å². The molecule has 3 heterocycles. The van der Waals surface area contributed by atoms with Crippen molar-refractivity contribution in [3.8, 4) is 0 Å². The lowest BCUT2D eigenvalue weighted by Gasteiger charge is -2.24. The lowest BCUT2D eigenvalue weighted by Crippen LogP contribution is -2.33. The summed E-state index contributed by atoms with van der Waals surface area (Å²) in [6.45, 7) is 2.91. The van der Waals surface area contributed by atoms with Crippen LogP contribution in [0.4, 0.5) is 0 Å². The van der Waals surface area contributed by atoms with Crippen LogP contribution in [0.3, 0.4) is 0 Å². The maximum absolute atomic E-state index is 11.7. The zero-order valence-corrected chi connectivity index (χ0v) is 27.5. The van der Waals surface area contributed by atoms with Crippen molar-refractivity contribution >= 4 is 5.97 Å². The molecule has 8 atom stereocenters. The van der Waals surface area contributed by atoms with Crippen LogP contribution in [0.2, 0.25) is 0 Å². The van der Waals surface area contributed by atoms with Crippen LogP contribution in [0.15, 0.2) is 11.6 Å². The molecule has 0 bridgehead atoms. The Labute approximate surface area is 266 Å². The normalized spacial score (nSPS) is 27.4. The molecule has 44 heavy (non-hydrogen) atoms. The number of rotatable bonds is 25. The molecular weight excluding hydrogens is 564 g/mol. The molecule has 3 aliphatic heterocycles. The smallest absolute Gasteiger partial charge is 0.334 e. The Morgan fingerprint density at radius 1 is 0.750 bits per heavy atom. The summed E-state index contributed by atoms with van der Waals surface area (Å²) in [5.74, 6) is -0.285. The van der Waals surface area contributed by atoms with Crippen LogP contribution in [0.1, 0.15) is 135 Å².